The molecule has 1 heterocycles. The number of rotatable bonds is 4. The van der Waals surface area contributed by atoms with E-state index in [-0.39, 0.29) is 6.09 Å². The van der Waals surface area contributed by atoms with E-state index >= 15 is 0 Å². The van der Waals surface area contributed by atoms with Crippen LogP contribution in [0.2, 0.25) is 0 Å². The van der Waals surface area contributed by atoms with E-state index in [1.807, 2.05) is 30.3 Å². The highest BCUT2D eigenvalue weighted by Gasteiger charge is 2.27. The van der Waals surface area contributed by atoms with E-state index in [4.69, 9.17) is 4.74 Å². The molecule has 1 unspecified atom stereocenters. The van der Waals surface area contributed by atoms with Crippen molar-refractivity contribution in [2.75, 3.05) is 13.1 Å². The summed E-state index contributed by atoms with van der Waals surface area (Å²) in [6, 6.07) is 10.6. The van der Waals surface area contributed by atoms with Crippen LogP contribution in [0, 0.1) is 0 Å². The normalized spacial score (nSPS) is 18.9. The Morgan fingerprint density at radius 3 is 2.84 bits per heavy atom. The number of hydrogen-bond donors (Lipinski definition) is 1. The van der Waals surface area contributed by atoms with Crippen LogP contribution in [0.15, 0.2) is 30.3 Å². The summed E-state index contributed by atoms with van der Waals surface area (Å²) in [5, 5.41) is 3.45. The van der Waals surface area contributed by atoms with Crippen LogP contribution >= 0.6 is 0 Å². The third-order valence-corrected chi connectivity index (χ3v) is 3.22. The van der Waals surface area contributed by atoms with E-state index in [2.05, 4.69) is 19.2 Å². The number of hydrogen-bond acceptors (Lipinski definition) is 3. The Hall–Kier alpha value is -1.55. The van der Waals surface area contributed by atoms with Gasteiger partial charge in [-0.25, -0.2) is 4.79 Å². The second kappa shape index (κ2) is 6.57. The van der Waals surface area contributed by atoms with Gasteiger partial charge >= 0.3 is 6.09 Å². The summed E-state index contributed by atoms with van der Waals surface area (Å²) in [4.78, 5) is 13.7. The Bertz CT molecular complexity index is 406. The van der Waals surface area contributed by atoms with Crippen LogP contribution in [0.3, 0.4) is 0 Å². The molecule has 1 aromatic carbocycles. The number of benzene rings is 1. The average Bonchev–Trinajstić information content (AvgIpc) is 2.85. The molecule has 1 fully saturated rings. The van der Waals surface area contributed by atoms with E-state index < -0.39 is 0 Å². The third kappa shape index (κ3) is 4.24. The Morgan fingerprint density at radius 1 is 1.42 bits per heavy atom. The van der Waals surface area contributed by atoms with Gasteiger partial charge in [0.05, 0.1) is 0 Å². The minimum absolute atomic E-state index is 0.211. The smallest absolute Gasteiger partial charge is 0.410 e. The maximum Gasteiger partial charge on any atom is 0.410 e. The molecule has 0 aliphatic carbocycles. The lowest BCUT2D eigenvalue weighted by molar-refractivity contribution is 0.103. The van der Waals surface area contributed by atoms with Crippen LogP contribution in [0.25, 0.3) is 0 Å². The zero-order chi connectivity index (χ0) is 13.7. The van der Waals surface area contributed by atoms with Gasteiger partial charge in [0.25, 0.3) is 0 Å². The van der Waals surface area contributed by atoms with E-state index in [0.717, 1.165) is 25.1 Å². The zero-order valence-corrected chi connectivity index (χ0v) is 11.6. The van der Waals surface area contributed by atoms with Crippen LogP contribution in [-0.4, -0.2) is 36.2 Å². The maximum absolute atomic E-state index is 11.9. The summed E-state index contributed by atoms with van der Waals surface area (Å²) in [7, 11) is 0. The molecule has 1 amide bonds. The van der Waals surface area contributed by atoms with Crippen LogP contribution in [0.1, 0.15) is 25.8 Å². The molecule has 0 spiro atoms. The van der Waals surface area contributed by atoms with Crippen molar-refractivity contribution < 1.29 is 9.53 Å². The van der Waals surface area contributed by atoms with Crippen molar-refractivity contribution in [3.05, 3.63) is 35.9 Å². The summed E-state index contributed by atoms with van der Waals surface area (Å²) in [5.41, 5.74) is 1.02. The highest BCUT2D eigenvalue weighted by molar-refractivity contribution is 5.68. The SMILES string of the molecule is CC(C)NC1CCN(C(=O)OCc2ccccc2)C1. The van der Waals surface area contributed by atoms with Gasteiger partial charge < -0.3 is 15.0 Å². The Morgan fingerprint density at radius 2 is 2.16 bits per heavy atom. The van der Waals surface area contributed by atoms with Crippen molar-refractivity contribution in [3.8, 4) is 0 Å². The average molecular weight is 262 g/mol. The Balaban J connectivity index is 1.75. The van der Waals surface area contributed by atoms with E-state index in [9.17, 15) is 4.79 Å². The van der Waals surface area contributed by atoms with Gasteiger partial charge in [-0.15, -0.1) is 0 Å². The van der Waals surface area contributed by atoms with Gasteiger partial charge in [0.2, 0.25) is 0 Å². The summed E-state index contributed by atoms with van der Waals surface area (Å²) < 4.78 is 5.32. The molecule has 1 N–H and O–H groups in total. The first-order valence-electron chi connectivity index (χ1n) is 6.87. The molecule has 4 heteroatoms. The zero-order valence-electron chi connectivity index (χ0n) is 11.6. The molecular formula is C15H22N2O2. The van der Waals surface area contributed by atoms with Gasteiger partial charge in [-0.1, -0.05) is 44.2 Å². The molecule has 1 atom stereocenters. The largest absolute Gasteiger partial charge is 0.445 e. The number of amides is 1. The second-order valence-electron chi connectivity index (χ2n) is 5.29. The summed E-state index contributed by atoms with van der Waals surface area (Å²) in [6.45, 7) is 6.11. The summed E-state index contributed by atoms with van der Waals surface area (Å²) >= 11 is 0. The van der Waals surface area contributed by atoms with E-state index in [1.165, 1.54) is 0 Å². The van der Waals surface area contributed by atoms with Gasteiger partial charge in [-0.05, 0) is 12.0 Å². The number of carbonyl (C=O) groups excluding carboxylic acids is 1. The van der Waals surface area contributed by atoms with Crippen LogP contribution in [0.4, 0.5) is 4.79 Å². The molecule has 2 rings (SSSR count). The Labute approximate surface area is 114 Å². The lowest BCUT2D eigenvalue weighted by Gasteiger charge is -2.18. The molecule has 0 bridgehead atoms. The van der Waals surface area contributed by atoms with Crippen molar-refractivity contribution in [3.63, 3.8) is 0 Å². The molecule has 19 heavy (non-hydrogen) atoms. The fraction of sp³-hybridized carbons (Fsp3) is 0.533. The minimum Gasteiger partial charge on any atom is -0.445 e. The van der Waals surface area contributed by atoms with Gasteiger partial charge in [-0.3, -0.25) is 0 Å². The van der Waals surface area contributed by atoms with Crippen LogP contribution in [0.5, 0.6) is 0 Å². The molecule has 0 saturated carbocycles. The van der Waals surface area contributed by atoms with Crippen molar-refractivity contribution in [1.29, 1.82) is 0 Å². The lowest BCUT2D eigenvalue weighted by atomic mass is 10.2. The first-order chi connectivity index (χ1) is 9.15. The van der Waals surface area contributed by atoms with Crippen LogP contribution < -0.4 is 5.32 Å². The molecule has 0 radical (unpaired) electrons. The first kappa shape index (κ1) is 13.9. The van der Waals surface area contributed by atoms with Crippen LogP contribution in [-0.2, 0) is 11.3 Å². The predicted octanol–water partition coefficient (Wildman–Crippen LogP) is 2.40. The standard InChI is InChI=1S/C15H22N2O2/c1-12(2)16-14-8-9-17(10-14)15(18)19-11-13-6-4-3-5-7-13/h3-7,12,14,16H,8-11H2,1-2H3. The van der Waals surface area contributed by atoms with Crippen molar-refractivity contribution in [2.24, 2.45) is 0 Å². The van der Waals surface area contributed by atoms with Gasteiger partial charge in [-0.2, -0.15) is 0 Å². The van der Waals surface area contributed by atoms with Crippen molar-refractivity contribution >= 4 is 6.09 Å². The topological polar surface area (TPSA) is 41.6 Å². The number of nitrogens with zero attached hydrogens (tertiary/aromatic N) is 1. The van der Waals surface area contributed by atoms with Gasteiger partial charge in [0.1, 0.15) is 6.61 Å². The highest BCUT2D eigenvalue weighted by atomic mass is 16.6. The van der Waals surface area contributed by atoms with Gasteiger partial charge in [0, 0.05) is 25.2 Å². The molecule has 104 valence electrons. The summed E-state index contributed by atoms with van der Waals surface area (Å²) in [5.74, 6) is 0. The predicted molar refractivity (Wildman–Crippen MR) is 74.9 cm³/mol. The first-order valence-corrected chi connectivity index (χ1v) is 6.87. The molecule has 4 nitrogen and oxygen atoms in total. The fourth-order valence-corrected chi connectivity index (χ4v) is 2.34. The molecule has 1 aliphatic heterocycles. The van der Waals surface area contributed by atoms with Crippen molar-refractivity contribution in [1.82, 2.24) is 10.2 Å². The Kier molecular flexibility index (Phi) is 4.80. The van der Waals surface area contributed by atoms with Crippen molar-refractivity contribution in [2.45, 2.75) is 39.0 Å². The number of carbonyl (C=O) groups is 1. The molecule has 1 saturated heterocycles. The summed E-state index contributed by atoms with van der Waals surface area (Å²) in [6.07, 6.45) is 0.787. The molecule has 1 aliphatic rings. The molecule has 1 aromatic rings. The number of ether oxygens (including phenoxy) is 1. The second-order valence-corrected chi connectivity index (χ2v) is 5.29. The monoisotopic (exact) mass is 262 g/mol. The molecule has 0 aromatic heterocycles. The molecular weight excluding hydrogens is 240 g/mol. The third-order valence-electron chi connectivity index (χ3n) is 3.22. The highest BCUT2D eigenvalue weighted by Crippen LogP contribution is 2.12. The number of likely N-dealkylation sites (tertiary alicyclic amines) is 1. The minimum atomic E-state index is -0.211. The lowest BCUT2D eigenvalue weighted by Crippen LogP contribution is -2.38. The quantitative estimate of drug-likeness (QED) is 0.906. The fourth-order valence-electron chi connectivity index (χ4n) is 2.34. The van der Waals surface area contributed by atoms with E-state index in [1.54, 1.807) is 4.90 Å². The van der Waals surface area contributed by atoms with Gasteiger partial charge in [0.15, 0.2) is 0 Å². The maximum atomic E-state index is 11.9. The number of nitrogens with one attached hydrogen (secondary N) is 1. The van der Waals surface area contributed by atoms with E-state index in [0.29, 0.717) is 18.7 Å².